The number of nitrogens with zero attached hydrogens (tertiary/aromatic N) is 1. The molecule has 0 heterocycles. The molecular formula is C25H33FN2O2. The molecule has 2 amide bonds. The van der Waals surface area contributed by atoms with Gasteiger partial charge >= 0.3 is 0 Å². The van der Waals surface area contributed by atoms with Crippen molar-refractivity contribution < 1.29 is 14.0 Å². The smallest absolute Gasteiger partial charge is 0.243 e. The van der Waals surface area contributed by atoms with Gasteiger partial charge in [-0.3, -0.25) is 9.59 Å². The van der Waals surface area contributed by atoms with E-state index in [1.807, 2.05) is 58.9 Å². The highest BCUT2D eigenvalue weighted by molar-refractivity contribution is 5.88. The first-order chi connectivity index (χ1) is 14.1. The Morgan fingerprint density at radius 1 is 1.00 bits per heavy atom. The SMILES string of the molecule is CC[C@@H](C(=O)NC(C)(C)C)N(Cc1ccc(F)cc1)C(=O)CCc1ccc(C)cc1. The van der Waals surface area contributed by atoms with Gasteiger partial charge in [-0.25, -0.2) is 4.39 Å². The van der Waals surface area contributed by atoms with E-state index in [9.17, 15) is 14.0 Å². The normalized spacial score (nSPS) is 12.3. The molecule has 30 heavy (non-hydrogen) atoms. The number of hydrogen-bond donors (Lipinski definition) is 1. The van der Waals surface area contributed by atoms with Crippen LogP contribution in [0.25, 0.3) is 0 Å². The Morgan fingerprint density at radius 3 is 2.10 bits per heavy atom. The van der Waals surface area contributed by atoms with Crippen LogP contribution in [-0.4, -0.2) is 28.3 Å². The summed E-state index contributed by atoms with van der Waals surface area (Å²) in [5.74, 6) is -0.583. The van der Waals surface area contributed by atoms with Crippen LogP contribution in [-0.2, 0) is 22.6 Å². The average Bonchev–Trinajstić information content (AvgIpc) is 2.67. The second-order valence-electron chi connectivity index (χ2n) is 8.80. The minimum Gasteiger partial charge on any atom is -0.350 e. The zero-order valence-corrected chi connectivity index (χ0v) is 18.7. The highest BCUT2D eigenvalue weighted by atomic mass is 19.1. The van der Waals surface area contributed by atoms with Crippen molar-refractivity contribution in [3.63, 3.8) is 0 Å². The molecule has 0 bridgehead atoms. The number of benzene rings is 2. The lowest BCUT2D eigenvalue weighted by Gasteiger charge is -2.33. The third-order valence-corrected chi connectivity index (χ3v) is 4.90. The molecule has 5 heteroatoms. The fraction of sp³-hybridized carbons (Fsp3) is 0.440. The van der Waals surface area contributed by atoms with Crippen LogP contribution < -0.4 is 5.32 Å². The fourth-order valence-corrected chi connectivity index (χ4v) is 3.31. The van der Waals surface area contributed by atoms with E-state index in [2.05, 4.69) is 5.32 Å². The van der Waals surface area contributed by atoms with Crippen molar-refractivity contribution in [3.8, 4) is 0 Å². The zero-order valence-electron chi connectivity index (χ0n) is 18.7. The molecule has 2 aromatic rings. The molecule has 1 atom stereocenters. The number of carbonyl (C=O) groups is 2. The number of aryl methyl sites for hydroxylation is 2. The quantitative estimate of drug-likeness (QED) is 0.678. The second kappa shape index (κ2) is 10.4. The monoisotopic (exact) mass is 412 g/mol. The maximum absolute atomic E-state index is 13.3. The van der Waals surface area contributed by atoms with Crippen LogP contribution in [0.2, 0.25) is 0 Å². The molecule has 1 N–H and O–H groups in total. The van der Waals surface area contributed by atoms with Crippen LogP contribution >= 0.6 is 0 Å². The van der Waals surface area contributed by atoms with E-state index < -0.39 is 11.6 Å². The van der Waals surface area contributed by atoms with Crippen LogP contribution in [0.1, 0.15) is 57.2 Å². The number of halogens is 1. The summed E-state index contributed by atoms with van der Waals surface area (Å²) in [5.41, 5.74) is 2.66. The van der Waals surface area contributed by atoms with Crippen molar-refractivity contribution in [2.24, 2.45) is 0 Å². The molecule has 4 nitrogen and oxygen atoms in total. The van der Waals surface area contributed by atoms with Gasteiger partial charge in [-0.2, -0.15) is 0 Å². The molecule has 2 rings (SSSR count). The molecule has 0 aliphatic heterocycles. The summed E-state index contributed by atoms with van der Waals surface area (Å²) in [7, 11) is 0. The first kappa shape index (κ1) is 23.6. The van der Waals surface area contributed by atoms with Crippen molar-refractivity contribution in [3.05, 3.63) is 71.0 Å². The lowest BCUT2D eigenvalue weighted by Crippen LogP contribution is -2.53. The van der Waals surface area contributed by atoms with Crippen LogP contribution in [0, 0.1) is 12.7 Å². The molecule has 2 aromatic carbocycles. The first-order valence-corrected chi connectivity index (χ1v) is 10.5. The number of amides is 2. The van der Waals surface area contributed by atoms with Crippen molar-refractivity contribution in [2.75, 3.05) is 0 Å². The molecule has 0 radical (unpaired) electrons. The zero-order chi connectivity index (χ0) is 22.3. The Kier molecular flexibility index (Phi) is 8.16. The topological polar surface area (TPSA) is 49.4 Å². The Hall–Kier alpha value is -2.69. The van der Waals surface area contributed by atoms with Crippen LogP contribution in [0.3, 0.4) is 0 Å². The van der Waals surface area contributed by atoms with E-state index in [0.717, 1.165) is 11.1 Å². The Balaban J connectivity index is 2.21. The fourth-order valence-electron chi connectivity index (χ4n) is 3.31. The predicted octanol–water partition coefficient (Wildman–Crippen LogP) is 4.79. The Bertz CT molecular complexity index is 839. The summed E-state index contributed by atoms with van der Waals surface area (Å²) in [6, 6.07) is 13.6. The van der Waals surface area contributed by atoms with E-state index >= 15 is 0 Å². The number of nitrogens with one attached hydrogen (secondary N) is 1. The molecule has 0 saturated heterocycles. The molecule has 0 spiro atoms. The van der Waals surface area contributed by atoms with Crippen molar-refractivity contribution >= 4 is 11.8 Å². The van der Waals surface area contributed by atoms with Gasteiger partial charge in [-0.05, 0) is 63.8 Å². The van der Waals surface area contributed by atoms with E-state index in [-0.39, 0.29) is 24.2 Å². The maximum Gasteiger partial charge on any atom is 0.243 e. The summed E-state index contributed by atoms with van der Waals surface area (Å²) < 4.78 is 13.3. The average molecular weight is 413 g/mol. The van der Waals surface area contributed by atoms with Crippen LogP contribution in [0.4, 0.5) is 4.39 Å². The van der Waals surface area contributed by atoms with Gasteiger partial charge in [-0.1, -0.05) is 48.9 Å². The van der Waals surface area contributed by atoms with E-state index in [1.165, 1.54) is 17.7 Å². The lowest BCUT2D eigenvalue weighted by molar-refractivity contribution is -0.142. The Morgan fingerprint density at radius 2 is 1.57 bits per heavy atom. The second-order valence-corrected chi connectivity index (χ2v) is 8.80. The highest BCUT2D eigenvalue weighted by Crippen LogP contribution is 2.17. The van der Waals surface area contributed by atoms with Gasteiger partial charge in [0, 0.05) is 18.5 Å². The van der Waals surface area contributed by atoms with Crippen LogP contribution in [0.5, 0.6) is 0 Å². The molecule has 0 saturated carbocycles. The summed E-state index contributed by atoms with van der Waals surface area (Å²) in [6.07, 6.45) is 1.42. The molecule has 0 fully saturated rings. The van der Waals surface area contributed by atoms with E-state index in [0.29, 0.717) is 19.3 Å². The van der Waals surface area contributed by atoms with Crippen molar-refractivity contribution in [1.29, 1.82) is 0 Å². The van der Waals surface area contributed by atoms with Crippen molar-refractivity contribution in [1.82, 2.24) is 10.2 Å². The van der Waals surface area contributed by atoms with Gasteiger partial charge in [0.05, 0.1) is 0 Å². The van der Waals surface area contributed by atoms with Gasteiger partial charge in [0.2, 0.25) is 11.8 Å². The number of carbonyl (C=O) groups excluding carboxylic acids is 2. The molecule has 162 valence electrons. The van der Waals surface area contributed by atoms with Gasteiger partial charge in [0.25, 0.3) is 0 Å². The minimum atomic E-state index is -0.584. The van der Waals surface area contributed by atoms with Gasteiger partial charge < -0.3 is 10.2 Å². The Labute approximate surface area is 179 Å². The largest absolute Gasteiger partial charge is 0.350 e. The molecule has 0 aromatic heterocycles. The van der Waals surface area contributed by atoms with Gasteiger partial charge in [-0.15, -0.1) is 0 Å². The van der Waals surface area contributed by atoms with Gasteiger partial charge in [0.15, 0.2) is 0 Å². The molecule has 0 aliphatic rings. The number of rotatable bonds is 8. The lowest BCUT2D eigenvalue weighted by atomic mass is 10.0. The van der Waals surface area contributed by atoms with Crippen LogP contribution in [0.15, 0.2) is 48.5 Å². The summed E-state index contributed by atoms with van der Waals surface area (Å²) >= 11 is 0. The highest BCUT2D eigenvalue weighted by Gasteiger charge is 2.30. The third kappa shape index (κ3) is 7.29. The van der Waals surface area contributed by atoms with E-state index in [1.54, 1.807) is 17.0 Å². The maximum atomic E-state index is 13.3. The number of hydrogen-bond acceptors (Lipinski definition) is 2. The molecule has 0 aliphatic carbocycles. The van der Waals surface area contributed by atoms with Gasteiger partial charge in [0.1, 0.15) is 11.9 Å². The predicted molar refractivity (Wildman–Crippen MR) is 118 cm³/mol. The molecular weight excluding hydrogens is 379 g/mol. The minimum absolute atomic E-state index is 0.0872. The summed E-state index contributed by atoms with van der Waals surface area (Å²) in [4.78, 5) is 27.8. The summed E-state index contributed by atoms with van der Waals surface area (Å²) in [5, 5.41) is 2.99. The summed E-state index contributed by atoms with van der Waals surface area (Å²) in [6.45, 7) is 9.95. The first-order valence-electron chi connectivity index (χ1n) is 10.5. The standard InChI is InChI=1S/C25H33FN2O2/c1-6-22(24(30)27-25(3,4)5)28(17-20-11-14-21(26)15-12-20)23(29)16-13-19-9-7-18(2)8-10-19/h7-12,14-15,22H,6,13,16-17H2,1-5H3,(H,27,30)/t22-/m0/s1. The van der Waals surface area contributed by atoms with E-state index in [4.69, 9.17) is 0 Å². The third-order valence-electron chi connectivity index (χ3n) is 4.90. The van der Waals surface area contributed by atoms with Crippen molar-refractivity contribution in [2.45, 2.75) is 72.0 Å². The molecule has 0 unspecified atom stereocenters.